The summed E-state index contributed by atoms with van der Waals surface area (Å²) in [7, 11) is 0. The molecular formula is C15H11Cl2N3O. The van der Waals surface area contributed by atoms with Crippen molar-refractivity contribution in [3.8, 4) is 11.8 Å². The Morgan fingerprint density at radius 1 is 1.33 bits per heavy atom. The van der Waals surface area contributed by atoms with Crippen molar-refractivity contribution in [1.82, 2.24) is 4.98 Å². The van der Waals surface area contributed by atoms with Crippen LogP contribution in [-0.2, 0) is 0 Å². The number of halogens is 2. The summed E-state index contributed by atoms with van der Waals surface area (Å²) in [6.07, 6.45) is 3.01. The van der Waals surface area contributed by atoms with E-state index in [-0.39, 0.29) is 12.5 Å². The zero-order valence-electron chi connectivity index (χ0n) is 10.9. The maximum absolute atomic E-state index is 12.2. The highest BCUT2D eigenvalue weighted by molar-refractivity contribution is 6.44. The van der Waals surface area contributed by atoms with Crippen molar-refractivity contribution in [2.24, 2.45) is 5.73 Å². The van der Waals surface area contributed by atoms with E-state index < -0.39 is 0 Å². The van der Waals surface area contributed by atoms with Crippen LogP contribution in [0.1, 0.15) is 15.9 Å². The minimum absolute atomic E-state index is 0.245. The maximum atomic E-state index is 12.2. The molecule has 1 aromatic heterocycles. The van der Waals surface area contributed by atoms with E-state index in [0.29, 0.717) is 26.9 Å². The largest absolute Gasteiger partial charge is 0.321 e. The quantitative estimate of drug-likeness (QED) is 0.836. The number of aromatic nitrogens is 1. The summed E-state index contributed by atoms with van der Waals surface area (Å²) in [5, 5.41) is 3.34. The van der Waals surface area contributed by atoms with Gasteiger partial charge in [-0.1, -0.05) is 41.1 Å². The zero-order valence-corrected chi connectivity index (χ0v) is 12.4. The highest BCUT2D eigenvalue weighted by atomic mass is 35.5. The average molecular weight is 320 g/mol. The van der Waals surface area contributed by atoms with Crippen LogP contribution in [-0.4, -0.2) is 17.4 Å². The monoisotopic (exact) mass is 319 g/mol. The Morgan fingerprint density at radius 3 is 2.90 bits per heavy atom. The van der Waals surface area contributed by atoms with E-state index in [2.05, 4.69) is 22.1 Å². The molecule has 1 amide bonds. The number of rotatable bonds is 2. The molecule has 2 rings (SSSR count). The molecule has 6 heteroatoms. The normalized spacial score (nSPS) is 9.67. The van der Waals surface area contributed by atoms with Crippen molar-refractivity contribution in [3.05, 3.63) is 57.8 Å². The molecule has 1 aromatic carbocycles. The van der Waals surface area contributed by atoms with Crippen LogP contribution in [0.2, 0.25) is 10.0 Å². The summed E-state index contributed by atoms with van der Waals surface area (Å²) >= 11 is 11.9. The Balaban J connectivity index is 2.22. The van der Waals surface area contributed by atoms with Gasteiger partial charge in [0, 0.05) is 18.0 Å². The number of carbonyl (C=O) groups is 1. The first-order valence-electron chi connectivity index (χ1n) is 6.01. The van der Waals surface area contributed by atoms with Crippen molar-refractivity contribution >= 4 is 34.8 Å². The SMILES string of the molecule is NCC#Cc1cncc(C(=O)Nc2cccc(Cl)c2Cl)c1. The van der Waals surface area contributed by atoms with Gasteiger partial charge in [-0.15, -0.1) is 0 Å². The third-order valence-corrected chi connectivity index (χ3v) is 3.35. The molecule has 106 valence electrons. The van der Waals surface area contributed by atoms with Crippen LogP contribution in [0.4, 0.5) is 5.69 Å². The standard InChI is InChI=1S/C15H11Cl2N3O/c16-12-4-1-5-13(14(12)17)20-15(21)11-7-10(3-2-6-18)8-19-9-11/h1,4-5,7-9H,6,18H2,(H,20,21). The van der Waals surface area contributed by atoms with Gasteiger partial charge in [0.05, 0.1) is 27.8 Å². The van der Waals surface area contributed by atoms with Crippen LogP contribution in [0.5, 0.6) is 0 Å². The number of benzene rings is 1. The molecule has 2 aromatic rings. The van der Waals surface area contributed by atoms with Crippen LogP contribution < -0.4 is 11.1 Å². The van der Waals surface area contributed by atoms with E-state index in [1.165, 1.54) is 6.20 Å². The second-order valence-electron chi connectivity index (χ2n) is 4.02. The molecule has 0 radical (unpaired) electrons. The fourth-order valence-electron chi connectivity index (χ4n) is 1.58. The van der Waals surface area contributed by atoms with E-state index in [1.54, 1.807) is 30.5 Å². The molecule has 0 bridgehead atoms. The van der Waals surface area contributed by atoms with Crippen LogP contribution in [0.3, 0.4) is 0 Å². The van der Waals surface area contributed by atoms with Gasteiger partial charge in [-0.3, -0.25) is 9.78 Å². The summed E-state index contributed by atoms with van der Waals surface area (Å²) in [6.45, 7) is 0.245. The van der Waals surface area contributed by atoms with Gasteiger partial charge in [0.1, 0.15) is 0 Å². The van der Waals surface area contributed by atoms with Crippen molar-refractivity contribution < 1.29 is 4.79 Å². The van der Waals surface area contributed by atoms with E-state index in [0.717, 1.165) is 0 Å². The summed E-state index contributed by atoms with van der Waals surface area (Å²) in [5.74, 6) is 5.18. The molecule has 0 saturated carbocycles. The first kappa shape index (κ1) is 15.3. The Kier molecular flexibility index (Phi) is 5.18. The lowest BCUT2D eigenvalue weighted by Crippen LogP contribution is -2.12. The average Bonchev–Trinajstić information content (AvgIpc) is 2.50. The molecule has 3 N–H and O–H groups in total. The number of hydrogen-bond donors (Lipinski definition) is 2. The number of amides is 1. The Bertz CT molecular complexity index is 735. The molecule has 0 aliphatic carbocycles. The number of nitrogens with one attached hydrogen (secondary N) is 1. The van der Waals surface area contributed by atoms with Gasteiger partial charge < -0.3 is 11.1 Å². The van der Waals surface area contributed by atoms with Crippen LogP contribution in [0, 0.1) is 11.8 Å². The van der Waals surface area contributed by atoms with E-state index in [4.69, 9.17) is 28.9 Å². The first-order chi connectivity index (χ1) is 10.1. The predicted octanol–water partition coefficient (Wildman–Crippen LogP) is 2.95. The number of anilines is 1. The number of nitrogens with zero attached hydrogens (tertiary/aromatic N) is 1. The van der Waals surface area contributed by atoms with Gasteiger partial charge >= 0.3 is 0 Å². The number of hydrogen-bond acceptors (Lipinski definition) is 3. The molecule has 1 heterocycles. The van der Waals surface area contributed by atoms with Crippen molar-refractivity contribution in [3.63, 3.8) is 0 Å². The number of nitrogens with two attached hydrogens (primary N) is 1. The van der Waals surface area contributed by atoms with Crippen LogP contribution in [0.15, 0.2) is 36.7 Å². The molecule has 4 nitrogen and oxygen atoms in total. The minimum atomic E-state index is -0.344. The number of pyridine rings is 1. The Morgan fingerprint density at radius 2 is 2.14 bits per heavy atom. The fourth-order valence-corrected chi connectivity index (χ4v) is 1.93. The van der Waals surface area contributed by atoms with Gasteiger partial charge in [-0.2, -0.15) is 0 Å². The van der Waals surface area contributed by atoms with E-state index in [9.17, 15) is 4.79 Å². The van der Waals surface area contributed by atoms with Gasteiger partial charge in [-0.05, 0) is 18.2 Å². The lowest BCUT2D eigenvalue weighted by molar-refractivity contribution is 0.102. The molecule has 0 spiro atoms. The maximum Gasteiger partial charge on any atom is 0.257 e. The molecule has 0 fully saturated rings. The second kappa shape index (κ2) is 7.09. The topological polar surface area (TPSA) is 68.0 Å². The zero-order chi connectivity index (χ0) is 15.2. The third-order valence-electron chi connectivity index (χ3n) is 2.54. The van der Waals surface area contributed by atoms with E-state index in [1.807, 2.05) is 0 Å². The van der Waals surface area contributed by atoms with Gasteiger partial charge in [0.2, 0.25) is 0 Å². The minimum Gasteiger partial charge on any atom is -0.321 e. The smallest absolute Gasteiger partial charge is 0.257 e. The van der Waals surface area contributed by atoms with Crippen molar-refractivity contribution in [2.45, 2.75) is 0 Å². The molecule has 0 atom stereocenters. The van der Waals surface area contributed by atoms with Gasteiger partial charge in [0.25, 0.3) is 5.91 Å². The molecular weight excluding hydrogens is 309 g/mol. The second-order valence-corrected chi connectivity index (χ2v) is 4.81. The molecule has 0 aliphatic heterocycles. The first-order valence-corrected chi connectivity index (χ1v) is 6.76. The molecule has 0 saturated heterocycles. The lowest BCUT2D eigenvalue weighted by atomic mass is 10.2. The Hall–Kier alpha value is -2.06. The van der Waals surface area contributed by atoms with Crippen molar-refractivity contribution in [2.75, 3.05) is 11.9 Å². The van der Waals surface area contributed by atoms with Crippen molar-refractivity contribution in [1.29, 1.82) is 0 Å². The molecule has 0 aliphatic rings. The fraction of sp³-hybridized carbons (Fsp3) is 0.0667. The highest BCUT2D eigenvalue weighted by Crippen LogP contribution is 2.29. The lowest BCUT2D eigenvalue weighted by Gasteiger charge is -2.08. The predicted molar refractivity (Wildman–Crippen MR) is 84.6 cm³/mol. The number of carbonyl (C=O) groups excluding carboxylic acids is 1. The van der Waals surface area contributed by atoms with Crippen LogP contribution in [0.25, 0.3) is 0 Å². The summed E-state index contributed by atoms with van der Waals surface area (Å²) in [4.78, 5) is 16.2. The van der Waals surface area contributed by atoms with E-state index >= 15 is 0 Å². The van der Waals surface area contributed by atoms with Gasteiger partial charge in [-0.25, -0.2) is 0 Å². The summed E-state index contributed by atoms with van der Waals surface area (Å²) in [5.41, 5.74) is 6.73. The summed E-state index contributed by atoms with van der Waals surface area (Å²) < 4.78 is 0. The third kappa shape index (κ3) is 3.96. The van der Waals surface area contributed by atoms with Gasteiger partial charge in [0.15, 0.2) is 0 Å². The molecule has 0 unspecified atom stereocenters. The van der Waals surface area contributed by atoms with Crippen LogP contribution >= 0.6 is 23.2 Å². The highest BCUT2D eigenvalue weighted by Gasteiger charge is 2.10. The Labute approximate surface area is 132 Å². The molecule has 21 heavy (non-hydrogen) atoms. The summed E-state index contributed by atoms with van der Waals surface area (Å²) in [6, 6.07) is 6.64.